The third-order valence-corrected chi connectivity index (χ3v) is 4.92. The second-order valence-electron chi connectivity index (χ2n) is 6.96. The first-order valence-corrected chi connectivity index (χ1v) is 9.21. The number of amides is 1. The molecule has 1 saturated carbocycles. The lowest BCUT2D eigenvalue weighted by Gasteiger charge is -2.07. The third-order valence-electron chi connectivity index (χ3n) is 4.92. The summed E-state index contributed by atoms with van der Waals surface area (Å²) in [5.74, 6) is 2.10. The van der Waals surface area contributed by atoms with Gasteiger partial charge in [-0.3, -0.25) is 9.20 Å². The summed E-state index contributed by atoms with van der Waals surface area (Å²) in [5, 5.41) is 15.5. The Balaban J connectivity index is 1.40. The van der Waals surface area contributed by atoms with Crippen LogP contribution < -0.4 is 5.32 Å². The fourth-order valence-electron chi connectivity index (χ4n) is 3.19. The van der Waals surface area contributed by atoms with E-state index in [0.29, 0.717) is 28.8 Å². The molecule has 3 heterocycles. The SMILES string of the molecule is Cc1ccccc1C(=O)NCc1nnc2c(-c3nc(C4CC4)no3)cccn12. The maximum absolute atomic E-state index is 12.5. The Labute approximate surface area is 160 Å². The highest BCUT2D eigenvalue weighted by atomic mass is 16.5. The van der Waals surface area contributed by atoms with Crippen LogP contribution >= 0.6 is 0 Å². The van der Waals surface area contributed by atoms with E-state index in [0.717, 1.165) is 29.8 Å². The first-order chi connectivity index (χ1) is 13.7. The molecule has 1 amide bonds. The van der Waals surface area contributed by atoms with Crippen LogP contribution in [0.4, 0.5) is 0 Å². The van der Waals surface area contributed by atoms with Gasteiger partial charge in [0.2, 0.25) is 0 Å². The number of aryl methyl sites for hydroxylation is 1. The number of pyridine rings is 1. The van der Waals surface area contributed by atoms with Crippen molar-refractivity contribution in [3.8, 4) is 11.5 Å². The van der Waals surface area contributed by atoms with E-state index in [1.165, 1.54) is 0 Å². The van der Waals surface area contributed by atoms with Crippen LogP contribution in [0.1, 0.15) is 46.3 Å². The van der Waals surface area contributed by atoms with Crippen molar-refractivity contribution in [2.75, 3.05) is 0 Å². The summed E-state index contributed by atoms with van der Waals surface area (Å²) in [5.41, 5.74) is 2.92. The lowest BCUT2D eigenvalue weighted by molar-refractivity contribution is 0.0949. The van der Waals surface area contributed by atoms with E-state index in [1.807, 2.05) is 47.9 Å². The maximum Gasteiger partial charge on any atom is 0.261 e. The molecular weight excluding hydrogens is 356 g/mol. The molecule has 1 N–H and O–H groups in total. The Bertz CT molecular complexity index is 1170. The van der Waals surface area contributed by atoms with Gasteiger partial charge in [-0.15, -0.1) is 10.2 Å². The topological polar surface area (TPSA) is 98.2 Å². The average molecular weight is 374 g/mol. The molecule has 3 aromatic heterocycles. The highest BCUT2D eigenvalue weighted by Gasteiger charge is 2.29. The van der Waals surface area contributed by atoms with Crippen molar-refractivity contribution in [2.45, 2.75) is 32.2 Å². The fourth-order valence-corrected chi connectivity index (χ4v) is 3.19. The molecule has 4 aromatic rings. The zero-order valence-corrected chi connectivity index (χ0v) is 15.3. The summed E-state index contributed by atoms with van der Waals surface area (Å²) in [4.78, 5) is 17.0. The smallest absolute Gasteiger partial charge is 0.261 e. The van der Waals surface area contributed by atoms with Gasteiger partial charge in [-0.25, -0.2) is 0 Å². The predicted molar refractivity (Wildman–Crippen MR) is 101 cm³/mol. The minimum Gasteiger partial charge on any atom is -0.345 e. The zero-order valence-electron chi connectivity index (χ0n) is 15.3. The molecule has 140 valence electrons. The highest BCUT2D eigenvalue weighted by molar-refractivity contribution is 5.95. The summed E-state index contributed by atoms with van der Waals surface area (Å²) in [6, 6.07) is 11.2. The van der Waals surface area contributed by atoms with Gasteiger partial charge in [0.1, 0.15) is 0 Å². The number of fused-ring (bicyclic) bond motifs is 1. The van der Waals surface area contributed by atoms with E-state index < -0.39 is 0 Å². The molecule has 1 fully saturated rings. The Morgan fingerprint density at radius 1 is 1.21 bits per heavy atom. The molecule has 8 nitrogen and oxygen atoms in total. The summed E-state index contributed by atoms with van der Waals surface area (Å²) < 4.78 is 7.25. The van der Waals surface area contributed by atoms with Crippen LogP contribution in [-0.4, -0.2) is 30.6 Å². The van der Waals surface area contributed by atoms with Gasteiger partial charge in [0, 0.05) is 17.7 Å². The highest BCUT2D eigenvalue weighted by Crippen LogP contribution is 2.39. The second kappa shape index (κ2) is 6.56. The lowest BCUT2D eigenvalue weighted by Crippen LogP contribution is -2.24. The van der Waals surface area contributed by atoms with Crippen LogP contribution in [0.15, 0.2) is 47.1 Å². The summed E-state index contributed by atoms with van der Waals surface area (Å²) in [6.45, 7) is 2.17. The minimum absolute atomic E-state index is 0.142. The quantitative estimate of drug-likeness (QED) is 0.577. The Kier molecular flexibility index (Phi) is 3.89. The number of hydrogen-bond acceptors (Lipinski definition) is 6. The third kappa shape index (κ3) is 2.92. The van der Waals surface area contributed by atoms with Gasteiger partial charge < -0.3 is 9.84 Å². The van der Waals surface area contributed by atoms with Gasteiger partial charge in [-0.2, -0.15) is 4.98 Å². The van der Waals surface area contributed by atoms with Crippen molar-refractivity contribution in [2.24, 2.45) is 0 Å². The van der Waals surface area contributed by atoms with E-state index in [2.05, 4.69) is 25.7 Å². The molecule has 0 bridgehead atoms. The van der Waals surface area contributed by atoms with Crippen LogP contribution in [0.25, 0.3) is 17.1 Å². The molecule has 1 aliphatic rings. The van der Waals surface area contributed by atoms with Crippen molar-refractivity contribution in [1.29, 1.82) is 0 Å². The van der Waals surface area contributed by atoms with Crippen LogP contribution in [-0.2, 0) is 6.54 Å². The van der Waals surface area contributed by atoms with Crippen LogP contribution in [0.5, 0.6) is 0 Å². The van der Waals surface area contributed by atoms with Gasteiger partial charge in [0.05, 0.1) is 12.1 Å². The number of carbonyl (C=O) groups is 1. The van der Waals surface area contributed by atoms with Gasteiger partial charge >= 0.3 is 0 Å². The number of aromatic nitrogens is 5. The number of rotatable bonds is 5. The predicted octanol–water partition coefficient (Wildman–Crippen LogP) is 2.90. The van der Waals surface area contributed by atoms with Crippen molar-refractivity contribution in [3.05, 3.63) is 65.4 Å². The second-order valence-corrected chi connectivity index (χ2v) is 6.96. The first-order valence-electron chi connectivity index (χ1n) is 9.21. The van der Waals surface area contributed by atoms with Crippen LogP contribution in [0.3, 0.4) is 0 Å². The number of carbonyl (C=O) groups excluding carboxylic acids is 1. The van der Waals surface area contributed by atoms with Crippen molar-refractivity contribution in [3.63, 3.8) is 0 Å². The van der Waals surface area contributed by atoms with Crippen molar-refractivity contribution < 1.29 is 9.32 Å². The first kappa shape index (κ1) is 16.6. The average Bonchev–Trinajstić information content (AvgIpc) is 3.30. The molecule has 0 saturated heterocycles. The fraction of sp³-hybridized carbons (Fsp3) is 0.250. The van der Waals surface area contributed by atoms with E-state index in [-0.39, 0.29) is 12.5 Å². The molecular formula is C20H18N6O2. The number of nitrogens with one attached hydrogen (secondary N) is 1. The normalized spacial score (nSPS) is 13.8. The molecule has 5 rings (SSSR count). The molecule has 0 radical (unpaired) electrons. The number of nitrogens with zero attached hydrogens (tertiary/aromatic N) is 5. The Morgan fingerprint density at radius 2 is 2.07 bits per heavy atom. The minimum atomic E-state index is -0.142. The van der Waals surface area contributed by atoms with Gasteiger partial charge in [-0.1, -0.05) is 23.4 Å². The molecule has 1 aromatic carbocycles. The summed E-state index contributed by atoms with van der Waals surface area (Å²) in [7, 11) is 0. The summed E-state index contributed by atoms with van der Waals surface area (Å²) in [6.07, 6.45) is 4.07. The number of benzene rings is 1. The molecule has 1 aliphatic carbocycles. The van der Waals surface area contributed by atoms with E-state index in [4.69, 9.17) is 4.52 Å². The molecule has 28 heavy (non-hydrogen) atoms. The van der Waals surface area contributed by atoms with E-state index in [9.17, 15) is 4.79 Å². The van der Waals surface area contributed by atoms with Gasteiger partial charge in [-0.05, 0) is 43.5 Å². The molecule has 0 aliphatic heterocycles. The van der Waals surface area contributed by atoms with Crippen molar-refractivity contribution >= 4 is 11.6 Å². The maximum atomic E-state index is 12.5. The lowest BCUT2D eigenvalue weighted by atomic mass is 10.1. The van der Waals surface area contributed by atoms with Crippen LogP contribution in [0.2, 0.25) is 0 Å². The Morgan fingerprint density at radius 3 is 2.89 bits per heavy atom. The van der Waals surface area contributed by atoms with E-state index in [1.54, 1.807) is 6.07 Å². The van der Waals surface area contributed by atoms with Crippen LogP contribution in [0, 0.1) is 6.92 Å². The van der Waals surface area contributed by atoms with E-state index >= 15 is 0 Å². The molecule has 0 spiro atoms. The van der Waals surface area contributed by atoms with Crippen molar-refractivity contribution in [1.82, 2.24) is 30.1 Å². The molecule has 8 heteroatoms. The molecule has 0 atom stereocenters. The molecule has 0 unspecified atom stereocenters. The Hall–Kier alpha value is -3.55. The zero-order chi connectivity index (χ0) is 19.1. The van der Waals surface area contributed by atoms with Gasteiger partial charge in [0.25, 0.3) is 11.8 Å². The monoisotopic (exact) mass is 374 g/mol. The summed E-state index contributed by atoms with van der Waals surface area (Å²) >= 11 is 0. The van der Waals surface area contributed by atoms with Gasteiger partial charge in [0.15, 0.2) is 17.3 Å². The number of hydrogen-bond donors (Lipinski definition) is 1. The standard InChI is InChI=1S/C20H18N6O2/c1-12-5-2-3-6-14(12)19(27)21-11-16-23-24-18-15(7-4-10-26(16)18)20-22-17(25-28-20)13-8-9-13/h2-7,10,13H,8-9,11H2,1H3,(H,21,27). The largest absolute Gasteiger partial charge is 0.345 e.